The molecule has 1 fully saturated rings. The molecular formula is C19H24FN3O. The maximum Gasteiger partial charge on any atom is 0.228 e. The normalized spacial score (nSPS) is 15.7. The third-order valence-corrected chi connectivity index (χ3v) is 4.54. The predicted molar refractivity (Wildman–Crippen MR) is 92.7 cm³/mol. The third kappa shape index (κ3) is 3.85. The number of carbonyl (C=O) groups excluding carboxylic acids is 1. The predicted octanol–water partition coefficient (Wildman–Crippen LogP) is 2.71. The molecule has 5 heteroatoms. The number of benzene rings is 1. The zero-order chi connectivity index (χ0) is 16.9. The summed E-state index contributed by atoms with van der Waals surface area (Å²) in [5.41, 5.74) is 1.81. The van der Waals surface area contributed by atoms with Gasteiger partial charge in [-0.15, -0.1) is 0 Å². The van der Waals surface area contributed by atoms with Gasteiger partial charge in [-0.05, 0) is 49.4 Å². The van der Waals surface area contributed by atoms with E-state index >= 15 is 0 Å². The molecule has 0 bridgehead atoms. The van der Waals surface area contributed by atoms with Gasteiger partial charge in [-0.3, -0.25) is 9.69 Å². The summed E-state index contributed by atoms with van der Waals surface area (Å²) in [4.78, 5) is 17.0. The Labute approximate surface area is 142 Å². The van der Waals surface area contributed by atoms with Gasteiger partial charge in [-0.25, -0.2) is 4.39 Å². The second-order valence-corrected chi connectivity index (χ2v) is 6.25. The van der Waals surface area contributed by atoms with Crippen molar-refractivity contribution in [3.63, 3.8) is 0 Å². The van der Waals surface area contributed by atoms with Gasteiger partial charge < -0.3 is 9.47 Å². The number of hydrogen-bond acceptors (Lipinski definition) is 2. The van der Waals surface area contributed by atoms with E-state index in [1.807, 2.05) is 27.8 Å². The Hall–Kier alpha value is -2.14. The van der Waals surface area contributed by atoms with Crippen molar-refractivity contribution in [1.82, 2.24) is 14.4 Å². The first-order valence-electron chi connectivity index (χ1n) is 8.59. The van der Waals surface area contributed by atoms with Crippen molar-refractivity contribution < 1.29 is 9.18 Å². The first-order valence-corrected chi connectivity index (χ1v) is 8.59. The molecule has 0 unspecified atom stereocenters. The second-order valence-electron chi connectivity index (χ2n) is 6.25. The van der Waals surface area contributed by atoms with Crippen LogP contribution in [0.2, 0.25) is 0 Å². The van der Waals surface area contributed by atoms with Crippen molar-refractivity contribution in [3.8, 4) is 5.69 Å². The highest BCUT2D eigenvalue weighted by atomic mass is 19.1. The van der Waals surface area contributed by atoms with Crippen LogP contribution < -0.4 is 0 Å². The topological polar surface area (TPSA) is 28.5 Å². The van der Waals surface area contributed by atoms with Gasteiger partial charge in [-0.2, -0.15) is 0 Å². The van der Waals surface area contributed by atoms with E-state index in [1.54, 1.807) is 12.1 Å². The van der Waals surface area contributed by atoms with Crippen molar-refractivity contribution in [2.45, 2.75) is 19.8 Å². The lowest BCUT2D eigenvalue weighted by Crippen LogP contribution is -2.49. The molecule has 1 aromatic carbocycles. The molecule has 1 saturated heterocycles. The van der Waals surface area contributed by atoms with Gasteiger partial charge in [-0.1, -0.05) is 6.92 Å². The van der Waals surface area contributed by atoms with E-state index in [-0.39, 0.29) is 11.7 Å². The average molecular weight is 329 g/mol. The smallest absolute Gasteiger partial charge is 0.228 e. The number of hydrogen-bond donors (Lipinski definition) is 0. The lowest BCUT2D eigenvalue weighted by molar-refractivity contribution is -0.132. The number of halogens is 1. The number of amides is 1. The van der Waals surface area contributed by atoms with Crippen LogP contribution in [0.1, 0.15) is 19.0 Å². The summed E-state index contributed by atoms with van der Waals surface area (Å²) in [6.07, 6.45) is 3.44. The highest BCUT2D eigenvalue weighted by Gasteiger charge is 2.21. The number of rotatable bonds is 5. The lowest BCUT2D eigenvalue weighted by atomic mass is 10.2. The summed E-state index contributed by atoms with van der Waals surface area (Å²) in [7, 11) is 0. The summed E-state index contributed by atoms with van der Waals surface area (Å²) in [6, 6.07) is 10.2. The fourth-order valence-corrected chi connectivity index (χ4v) is 3.22. The Morgan fingerprint density at radius 1 is 1.08 bits per heavy atom. The summed E-state index contributed by atoms with van der Waals surface area (Å²) in [5.74, 6) is -0.0957. The van der Waals surface area contributed by atoms with Crippen LogP contribution in [0.5, 0.6) is 0 Å². The number of nitrogens with zero attached hydrogens (tertiary/aromatic N) is 3. The van der Waals surface area contributed by atoms with Crippen LogP contribution >= 0.6 is 0 Å². The van der Waals surface area contributed by atoms with Gasteiger partial charge in [0.2, 0.25) is 5.91 Å². The number of aromatic nitrogens is 1. The zero-order valence-corrected chi connectivity index (χ0v) is 14.1. The minimum absolute atomic E-state index is 0.160. The van der Waals surface area contributed by atoms with E-state index < -0.39 is 0 Å². The van der Waals surface area contributed by atoms with Gasteiger partial charge in [0.05, 0.1) is 6.42 Å². The average Bonchev–Trinajstić information content (AvgIpc) is 3.04. The number of carbonyl (C=O) groups is 1. The molecule has 4 nitrogen and oxygen atoms in total. The van der Waals surface area contributed by atoms with Crippen LogP contribution in [0.25, 0.3) is 5.69 Å². The van der Waals surface area contributed by atoms with Gasteiger partial charge >= 0.3 is 0 Å². The molecule has 0 aliphatic carbocycles. The summed E-state index contributed by atoms with van der Waals surface area (Å²) >= 11 is 0. The maximum absolute atomic E-state index is 13.1. The molecule has 1 aliphatic heterocycles. The lowest BCUT2D eigenvalue weighted by Gasteiger charge is -2.34. The van der Waals surface area contributed by atoms with Crippen molar-refractivity contribution >= 4 is 5.91 Å². The van der Waals surface area contributed by atoms with Gasteiger partial charge in [0, 0.05) is 43.8 Å². The zero-order valence-electron chi connectivity index (χ0n) is 14.1. The SMILES string of the molecule is CCCN1CCN(C(=O)Cc2cccn2-c2ccc(F)cc2)CC1. The molecule has 1 amide bonds. The number of piperazine rings is 1. The van der Waals surface area contributed by atoms with E-state index in [4.69, 9.17) is 0 Å². The maximum atomic E-state index is 13.1. The third-order valence-electron chi connectivity index (χ3n) is 4.54. The Morgan fingerprint density at radius 2 is 1.79 bits per heavy atom. The Bertz CT molecular complexity index is 672. The highest BCUT2D eigenvalue weighted by molar-refractivity contribution is 5.78. The largest absolute Gasteiger partial charge is 0.340 e. The Morgan fingerprint density at radius 3 is 2.46 bits per heavy atom. The molecule has 0 radical (unpaired) electrons. The van der Waals surface area contributed by atoms with E-state index in [1.165, 1.54) is 12.1 Å². The summed E-state index contributed by atoms with van der Waals surface area (Å²) < 4.78 is 15.0. The molecule has 0 saturated carbocycles. The minimum Gasteiger partial charge on any atom is -0.340 e. The summed E-state index contributed by atoms with van der Waals surface area (Å²) in [6.45, 7) is 6.81. The quantitative estimate of drug-likeness (QED) is 0.844. The molecular weight excluding hydrogens is 305 g/mol. The van der Waals surface area contributed by atoms with Crippen LogP contribution in [-0.2, 0) is 11.2 Å². The van der Waals surface area contributed by atoms with Crippen LogP contribution in [0, 0.1) is 5.82 Å². The molecule has 1 aliphatic rings. The second kappa shape index (κ2) is 7.62. The van der Waals surface area contributed by atoms with Crippen LogP contribution in [0.4, 0.5) is 4.39 Å². The molecule has 24 heavy (non-hydrogen) atoms. The Kier molecular flexibility index (Phi) is 5.30. The van der Waals surface area contributed by atoms with E-state index in [0.29, 0.717) is 6.42 Å². The molecule has 1 aromatic heterocycles. The standard InChI is InChI=1S/C19H24FN3O/c1-2-9-21-11-13-22(14-12-21)19(24)15-18-4-3-10-23(18)17-7-5-16(20)6-8-17/h3-8,10H,2,9,11-15H2,1H3. The van der Waals surface area contributed by atoms with Crippen molar-refractivity contribution in [2.24, 2.45) is 0 Å². The molecule has 2 heterocycles. The van der Waals surface area contributed by atoms with E-state index in [9.17, 15) is 9.18 Å². The first-order chi connectivity index (χ1) is 11.7. The molecule has 3 rings (SSSR count). The molecule has 0 N–H and O–H groups in total. The fraction of sp³-hybridized carbons (Fsp3) is 0.421. The van der Waals surface area contributed by atoms with Crippen molar-refractivity contribution in [3.05, 3.63) is 54.1 Å². The minimum atomic E-state index is -0.256. The Balaban J connectivity index is 1.64. The van der Waals surface area contributed by atoms with E-state index in [2.05, 4.69) is 11.8 Å². The van der Waals surface area contributed by atoms with Crippen LogP contribution in [-0.4, -0.2) is 53.0 Å². The first kappa shape index (κ1) is 16.7. The molecule has 128 valence electrons. The molecule has 0 atom stereocenters. The molecule has 0 spiro atoms. The van der Waals surface area contributed by atoms with Gasteiger partial charge in [0.1, 0.15) is 5.82 Å². The summed E-state index contributed by atoms with van der Waals surface area (Å²) in [5, 5.41) is 0. The molecule has 2 aromatic rings. The van der Waals surface area contributed by atoms with Gasteiger partial charge in [0.15, 0.2) is 0 Å². The highest BCUT2D eigenvalue weighted by Crippen LogP contribution is 2.15. The van der Waals surface area contributed by atoms with Crippen LogP contribution in [0.15, 0.2) is 42.6 Å². The van der Waals surface area contributed by atoms with Crippen LogP contribution in [0.3, 0.4) is 0 Å². The van der Waals surface area contributed by atoms with Gasteiger partial charge in [0.25, 0.3) is 0 Å². The van der Waals surface area contributed by atoms with E-state index in [0.717, 1.165) is 50.5 Å². The monoisotopic (exact) mass is 329 g/mol. The van der Waals surface area contributed by atoms with Crippen molar-refractivity contribution in [2.75, 3.05) is 32.7 Å². The van der Waals surface area contributed by atoms with Crippen molar-refractivity contribution in [1.29, 1.82) is 0 Å². The fourth-order valence-electron chi connectivity index (χ4n) is 3.22.